The van der Waals surface area contributed by atoms with Crippen LogP contribution < -0.4 is 0 Å². The number of halogens is 3. The molecule has 3 aromatic rings. The van der Waals surface area contributed by atoms with Crippen molar-refractivity contribution in [3.8, 4) is 0 Å². The summed E-state index contributed by atoms with van der Waals surface area (Å²) in [5, 5.41) is 2.19. The zero-order valence-electron chi connectivity index (χ0n) is 11.6. The van der Waals surface area contributed by atoms with Gasteiger partial charge in [-0.3, -0.25) is 0 Å². The average Bonchev–Trinajstić information content (AvgIpc) is 2.53. The number of hydrogen-bond donors (Lipinski definition) is 0. The van der Waals surface area contributed by atoms with Crippen LogP contribution in [0.5, 0.6) is 0 Å². The van der Waals surface area contributed by atoms with Gasteiger partial charge in [-0.2, -0.15) is 0 Å². The van der Waals surface area contributed by atoms with Gasteiger partial charge in [0.1, 0.15) is 0 Å². The van der Waals surface area contributed by atoms with Gasteiger partial charge >= 0.3 is 0 Å². The standard InChI is InChI=1S/C19H13Cl3/c20-15-9-5-13(6-10-15)19(14-7-11-16(21)12-8-14)17-3-1-2-4-18(17)22/h1-12,19H. The van der Waals surface area contributed by atoms with Crippen LogP contribution >= 0.6 is 34.8 Å². The van der Waals surface area contributed by atoms with Crippen LogP contribution in [0.2, 0.25) is 15.1 Å². The topological polar surface area (TPSA) is 0 Å². The Morgan fingerprint density at radius 3 is 1.45 bits per heavy atom. The first kappa shape index (κ1) is 15.4. The maximum atomic E-state index is 6.43. The third-order valence-electron chi connectivity index (χ3n) is 3.62. The average molecular weight is 348 g/mol. The fourth-order valence-electron chi connectivity index (χ4n) is 2.57. The normalized spacial score (nSPS) is 10.9. The van der Waals surface area contributed by atoms with E-state index in [1.54, 1.807) is 0 Å². The Hall–Kier alpha value is -1.47. The van der Waals surface area contributed by atoms with Crippen molar-refractivity contribution in [2.24, 2.45) is 0 Å². The van der Waals surface area contributed by atoms with E-state index in [1.807, 2.05) is 66.7 Å². The van der Waals surface area contributed by atoms with Gasteiger partial charge < -0.3 is 0 Å². The summed E-state index contributed by atoms with van der Waals surface area (Å²) in [7, 11) is 0. The first-order valence-corrected chi connectivity index (χ1v) is 8.04. The van der Waals surface area contributed by atoms with E-state index in [1.165, 1.54) is 0 Å². The van der Waals surface area contributed by atoms with E-state index in [4.69, 9.17) is 34.8 Å². The molecule has 22 heavy (non-hydrogen) atoms. The van der Waals surface area contributed by atoms with E-state index in [0.717, 1.165) is 31.8 Å². The molecule has 0 unspecified atom stereocenters. The summed E-state index contributed by atoms with van der Waals surface area (Å²) in [5.74, 6) is 0.0447. The predicted molar refractivity (Wildman–Crippen MR) is 95.3 cm³/mol. The van der Waals surface area contributed by atoms with Gasteiger partial charge in [0.05, 0.1) is 0 Å². The molecule has 110 valence electrons. The predicted octanol–water partition coefficient (Wildman–Crippen LogP) is 6.83. The zero-order chi connectivity index (χ0) is 15.5. The minimum Gasteiger partial charge on any atom is -0.0843 e. The molecular formula is C19H13Cl3. The molecule has 0 N–H and O–H groups in total. The Kier molecular flexibility index (Phi) is 4.73. The lowest BCUT2D eigenvalue weighted by atomic mass is 9.85. The molecule has 0 saturated carbocycles. The van der Waals surface area contributed by atoms with Crippen LogP contribution in [0.4, 0.5) is 0 Å². The Morgan fingerprint density at radius 2 is 1.00 bits per heavy atom. The molecule has 3 rings (SSSR count). The highest BCUT2D eigenvalue weighted by Gasteiger charge is 2.19. The molecular weight excluding hydrogens is 335 g/mol. The summed E-state index contributed by atoms with van der Waals surface area (Å²) in [5.41, 5.74) is 3.34. The second-order valence-corrected chi connectivity index (χ2v) is 6.34. The van der Waals surface area contributed by atoms with Gasteiger partial charge in [-0.25, -0.2) is 0 Å². The summed E-state index contributed by atoms with van der Waals surface area (Å²) in [6.45, 7) is 0. The van der Waals surface area contributed by atoms with Gasteiger partial charge in [-0.1, -0.05) is 77.3 Å². The molecule has 0 aliphatic carbocycles. The van der Waals surface area contributed by atoms with Crippen molar-refractivity contribution in [3.05, 3.63) is 105 Å². The first-order chi connectivity index (χ1) is 10.6. The quantitative estimate of drug-likeness (QED) is 0.456. The van der Waals surface area contributed by atoms with Crippen molar-refractivity contribution in [2.45, 2.75) is 5.92 Å². The van der Waals surface area contributed by atoms with Crippen molar-refractivity contribution < 1.29 is 0 Å². The third-order valence-corrected chi connectivity index (χ3v) is 4.47. The van der Waals surface area contributed by atoms with E-state index in [9.17, 15) is 0 Å². The van der Waals surface area contributed by atoms with Crippen LogP contribution in [0.15, 0.2) is 72.8 Å². The first-order valence-electron chi connectivity index (χ1n) is 6.90. The third kappa shape index (κ3) is 3.30. The molecule has 0 saturated heterocycles. The van der Waals surface area contributed by atoms with Crippen molar-refractivity contribution in [2.75, 3.05) is 0 Å². The molecule has 0 radical (unpaired) electrons. The number of rotatable bonds is 3. The van der Waals surface area contributed by atoms with Crippen LogP contribution in [-0.2, 0) is 0 Å². The lowest BCUT2D eigenvalue weighted by Crippen LogP contribution is -2.04. The summed E-state index contributed by atoms with van der Waals surface area (Å²) in [6.07, 6.45) is 0. The van der Waals surface area contributed by atoms with Crippen LogP contribution in [0.1, 0.15) is 22.6 Å². The fourth-order valence-corrected chi connectivity index (χ4v) is 3.07. The Bertz CT molecular complexity index is 716. The van der Waals surface area contributed by atoms with E-state index in [0.29, 0.717) is 0 Å². The number of hydrogen-bond acceptors (Lipinski definition) is 0. The van der Waals surface area contributed by atoms with Crippen molar-refractivity contribution in [1.82, 2.24) is 0 Å². The second kappa shape index (κ2) is 6.75. The molecule has 0 fully saturated rings. The molecule has 3 heteroatoms. The van der Waals surface area contributed by atoms with Crippen molar-refractivity contribution in [3.63, 3.8) is 0 Å². The summed E-state index contributed by atoms with van der Waals surface area (Å²) in [4.78, 5) is 0. The maximum absolute atomic E-state index is 6.43. The Morgan fingerprint density at radius 1 is 0.545 bits per heavy atom. The van der Waals surface area contributed by atoms with Crippen LogP contribution in [-0.4, -0.2) is 0 Å². The molecule has 0 aliphatic heterocycles. The monoisotopic (exact) mass is 346 g/mol. The zero-order valence-corrected chi connectivity index (χ0v) is 13.9. The highest BCUT2D eigenvalue weighted by molar-refractivity contribution is 6.31. The van der Waals surface area contributed by atoms with Crippen molar-refractivity contribution >= 4 is 34.8 Å². The summed E-state index contributed by atoms with van der Waals surface area (Å²) < 4.78 is 0. The summed E-state index contributed by atoms with van der Waals surface area (Å²) in [6, 6.07) is 23.6. The minimum absolute atomic E-state index is 0.0447. The minimum atomic E-state index is 0.0447. The van der Waals surface area contributed by atoms with Gasteiger partial charge in [0, 0.05) is 21.0 Å². The lowest BCUT2D eigenvalue weighted by Gasteiger charge is -2.20. The summed E-state index contributed by atoms with van der Waals surface area (Å²) >= 11 is 18.5. The molecule has 0 heterocycles. The fraction of sp³-hybridized carbons (Fsp3) is 0.0526. The van der Waals surface area contributed by atoms with Crippen LogP contribution in [0, 0.1) is 0 Å². The van der Waals surface area contributed by atoms with Gasteiger partial charge in [-0.05, 0) is 47.0 Å². The van der Waals surface area contributed by atoms with Crippen molar-refractivity contribution in [1.29, 1.82) is 0 Å². The van der Waals surface area contributed by atoms with E-state index in [2.05, 4.69) is 6.07 Å². The molecule has 0 atom stereocenters. The molecule has 0 nitrogen and oxygen atoms in total. The van der Waals surface area contributed by atoms with Crippen LogP contribution in [0.3, 0.4) is 0 Å². The van der Waals surface area contributed by atoms with Gasteiger partial charge in [0.25, 0.3) is 0 Å². The molecule has 0 amide bonds. The smallest absolute Gasteiger partial charge is 0.0447 e. The van der Waals surface area contributed by atoms with Gasteiger partial charge in [0.15, 0.2) is 0 Å². The van der Waals surface area contributed by atoms with Gasteiger partial charge in [-0.15, -0.1) is 0 Å². The molecule has 0 aromatic heterocycles. The lowest BCUT2D eigenvalue weighted by molar-refractivity contribution is 0.978. The van der Waals surface area contributed by atoms with Crippen LogP contribution in [0.25, 0.3) is 0 Å². The molecule has 0 spiro atoms. The molecule has 0 bridgehead atoms. The highest BCUT2D eigenvalue weighted by atomic mass is 35.5. The van der Waals surface area contributed by atoms with E-state index in [-0.39, 0.29) is 5.92 Å². The number of benzene rings is 3. The highest BCUT2D eigenvalue weighted by Crippen LogP contribution is 2.36. The molecule has 0 aliphatic rings. The van der Waals surface area contributed by atoms with E-state index < -0.39 is 0 Å². The molecule has 3 aromatic carbocycles. The Labute approximate surface area is 145 Å². The Balaban J connectivity index is 2.16. The van der Waals surface area contributed by atoms with E-state index >= 15 is 0 Å². The largest absolute Gasteiger partial charge is 0.0843 e. The SMILES string of the molecule is Clc1ccc(C(c2ccc(Cl)cc2)c2ccccc2Cl)cc1. The second-order valence-electron chi connectivity index (χ2n) is 5.06. The van der Waals surface area contributed by atoms with Gasteiger partial charge in [0.2, 0.25) is 0 Å². The maximum Gasteiger partial charge on any atom is 0.0447 e.